The van der Waals surface area contributed by atoms with Crippen molar-refractivity contribution in [2.45, 2.75) is 61.4 Å². The van der Waals surface area contributed by atoms with Gasteiger partial charge in [-0.05, 0) is 0 Å². The van der Waals surface area contributed by atoms with Crippen LogP contribution in [0.4, 0.5) is 0 Å². The van der Waals surface area contributed by atoms with E-state index in [1.54, 1.807) is 0 Å². The van der Waals surface area contributed by atoms with Gasteiger partial charge >= 0.3 is 0 Å². The van der Waals surface area contributed by atoms with Crippen molar-refractivity contribution < 1.29 is 59.8 Å². The molecule has 2 heterocycles. The summed E-state index contributed by atoms with van der Waals surface area (Å²) >= 11 is 0. The fourth-order valence-corrected chi connectivity index (χ4v) is 2.75. The second-order valence-corrected chi connectivity index (χ2v) is 6.18. The van der Waals surface area contributed by atoms with Crippen molar-refractivity contribution in [3.05, 3.63) is 0 Å². The summed E-state index contributed by atoms with van der Waals surface area (Å²) in [5, 5.41) is 76.5. The van der Waals surface area contributed by atoms with Crippen LogP contribution in [-0.2, 0) is 18.9 Å². The van der Waals surface area contributed by atoms with Gasteiger partial charge in [-0.15, -0.1) is 0 Å². The van der Waals surface area contributed by atoms with Crippen LogP contribution in [0, 0.1) is 0 Å². The highest BCUT2D eigenvalue weighted by Gasteiger charge is 2.50. The molecule has 0 amide bonds. The Balaban J connectivity index is 2.01. The topological polar surface area (TPSA) is 199 Å². The average molecular weight is 386 g/mol. The molecule has 2 fully saturated rings. The molecule has 0 aromatic carbocycles. The van der Waals surface area contributed by atoms with Crippen LogP contribution in [0.1, 0.15) is 0 Å². The van der Waals surface area contributed by atoms with Crippen LogP contribution in [-0.4, -0.2) is 129 Å². The Bertz CT molecular complexity index is 423. The molecule has 8 N–H and O–H groups in total. The van der Waals surface area contributed by atoms with Gasteiger partial charge in [0.25, 0.3) is 0 Å². The summed E-state index contributed by atoms with van der Waals surface area (Å²) < 4.78 is 20.9. The highest BCUT2D eigenvalue weighted by atomic mass is 16.7. The largest absolute Gasteiger partial charge is 0.394 e. The Morgan fingerprint density at radius 2 is 1.35 bits per heavy atom. The van der Waals surface area contributed by atoms with E-state index in [-0.39, 0.29) is 6.61 Å². The zero-order valence-corrected chi connectivity index (χ0v) is 13.8. The number of rotatable bonds is 8. The molecular weight excluding hydrogens is 360 g/mol. The summed E-state index contributed by atoms with van der Waals surface area (Å²) in [7, 11) is 0. The fraction of sp³-hybridized carbons (Fsp3) is 1.00. The SMILES string of the molecule is OC[C@H](O)CO[C@@H]1O[C@H](CO)[C@@H](O[C@@H]2O[C@@H](CO)[C@H](O)[C@H]2O)[C@H](O)[C@H]1O. The maximum absolute atomic E-state index is 10.3. The summed E-state index contributed by atoms with van der Waals surface area (Å²) in [5.41, 5.74) is 0. The van der Waals surface area contributed by atoms with E-state index < -0.39 is 81.2 Å². The monoisotopic (exact) mass is 386 g/mol. The fourth-order valence-electron chi connectivity index (χ4n) is 2.75. The molecule has 26 heavy (non-hydrogen) atoms. The van der Waals surface area contributed by atoms with E-state index in [0.717, 1.165) is 0 Å². The van der Waals surface area contributed by atoms with Crippen molar-refractivity contribution in [2.75, 3.05) is 26.4 Å². The van der Waals surface area contributed by atoms with E-state index in [2.05, 4.69) is 0 Å². The third kappa shape index (κ3) is 4.67. The first-order valence-corrected chi connectivity index (χ1v) is 8.14. The Kier molecular flexibility index (Phi) is 8.08. The van der Waals surface area contributed by atoms with Crippen LogP contribution in [0.25, 0.3) is 0 Å². The second kappa shape index (κ2) is 9.64. The number of aliphatic hydroxyl groups excluding tert-OH is 8. The highest BCUT2D eigenvalue weighted by Crippen LogP contribution is 2.29. The van der Waals surface area contributed by atoms with Gasteiger partial charge in [0.2, 0.25) is 0 Å². The predicted molar refractivity (Wildman–Crippen MR) is 79.4 cm³/mol. The van der Waals surface area contributed by atoms with Gasteiger partial charge in [-0.25, -0.2) is 0 Å². The molecule has 0 aromatic heterocycles. The van der Waals surface area contributed by atoms with Crippen LogP contribution in [0.15, 0.2) is 0 Å². The van der Waals surface area contributed by atoms with Gasteiger partial charge in [0, 0.05) is 0 Å². The molecular formula is C14H26O12. The molecule has 0 unspecified atom stereocenters. The summed E-state index contributed by atoms with van der Waals surface area (Å²) in [6, 6.07) is 0. The number of hydrogen-bond donors (Lipinski definition) is 8. The minimum absolute atomic E-state index is 0.385. The van der Waals surface area contributed by atoms with Crippen molar-refractivity contribution in [3.8, 4) is 0 Å². The zero-order chi connectivity index (χ0) is 19.4. The molecule has 0 spiro atoms. The van der Waals surface area contributed by atoms with E-state index in [1.165, 1.54) is 0 Å². The van der Waals surface area contributed by atoms with Gasteiger partial charge in [-0.2, -0.15) is 0 Å². The van der Waals surface area contributed by atoms with Crippen molar-refractivity contribution in [1.82, 2.24) is 0 Å². The summed E-state index contributed by atoms with van der Waals surface area (Å²) in [6.07, 6.45) is -13.9. The van der Waals surface area contributed by atoms with Crippen molar-refractivity contribution in [3.63, 3.8) is 0 Å². The van der Waals surface area contributed by atoms with Crippen molar-refractivity contribution in [1.29, 1.82) is 0 Å². The molecule has 0 aromatic rings. The molecule has 12 heteroatoms. The van der Waals surface area contributed by atoms with Gasteiger partial charge in [0.05, 0.1) is 26.4 Å². The maximum Gasteiger partial charge on any atom is 0.187 e. The quantitative estimate of drug-likeness (QED) is 0.197. The number of hydrogen-bond acceptors (Lipinski definition) is 12. The summed E-state index contributed by atoms with van der Waals surface area (Å²) in [5.74, 6) is 0. The third-order valence-corrected chi connectivity index (χ3v) is 4.27. The first-order chi connectivity index (χ1) is 12.3. The van der Waals surface area contributed by atoms with E-state index >= 15 is 0 Å². The lowest BCUT2D eigenvalue weighted by Crippen LogP contribution is -2.61. The van der Waals surface area contributed by atoms with Crippen molar-refractivity contribution in [2.24, 2.45) is 0 Å². The predicted octanol–water partition coefficient (Wildman–Crippen LogP) is -5.38. The first kappa shape index (κ1) is 21.8. The van der Waals surface area contributed by atoms with Crippen LogP contribution in [0.5, 0.6) is 0 Å². The molecule has 2 aliphatic rings. The lowest BCUT2D eigenvalue weighted by Gasteiger charge is -2.42. The molecule has 2 rings (SSSR count). The van der Waals surface area contributed by atoms with E-state index in [4.69, 9.17) is 29.2 Å². The summed E-state index contributed by atoms with van der Waals surface area (Å²) in [4.78, 5) is 0. The molecule has 2 aliphatic heterocycles. The molecule has 0 radical (unpaired) electrons. The molecule has 0 aliphatic carbocycles. The first-order valence-electron chi connectivity index (χ1n) is 8.14. The van der Waals surface area contributed by atoms with Gasteiger partial charge in [0.1, 0.15) is 48.8 Å². The van der Waals surface area contributed by atoms with E-state index in [1.807, 2.05) is 0 Å². The van der Waals surface area contributed by atoms with E-state index in [9.17, 15) is 30.6 Å². The average Bonchev–Trinajstić information content (AvgIpc) is 2.92. The van der Waals surface area contributed by atoms with Gasteiger partial charge in [-0.3, -0.25) is 0 Å². The van der Waals surface area contributed by atoms with Crippen LogP contribution >= 0.6 is 0 Å². The number of ether oxygens (including phenoxy) is 4. The van der Waals surface area contributed by atoms with Crippen LogP contribution in [0.2, 0.25) is 0 Å². The second-order valence-electron chi connectivity index (χ2n) is 6.18. The molecule has 0 bridgehead atoms. The van der Waals surface area contributed by atoms with Crippen LogP contribution < -0.4 is 0 Å². The van der Waals surface area contributed by atoms with Crippen LogP contribution in [0.3, 0.4) is 0 Å². The molecule has 12 nitrogen and oxygen atoms in total. The minimum atomic E-state index is -1.63. The Hall–Kier alpha value is -0.480. The Labute approximate surface area is 148 Å². The lowest BCUT2D eigenvalue weighted by molar-refractivity contribution is -0.332. The van der Waals surface area contributed by atoms with Gasteiger partial charge in [0.15, 0.2) is 12.6 Å². The van der Waals surface area contributed by atoms with Gasteiger partial charge < -0.3 is 59.8 Å². The minimum Gasteiger partial charge on any atom is -0.394 e. The van der Waals surface area contributed by atoms with Crippen molar-refractivity contribution >= 4 is 0 Å². The van der Waals surface area contributed by atoms with Gasteiger partial charge in [-0.1, -0.05) is 0 Å². The highest BCUT2D eigenvalue weighted by molar-refractivity contribution is 4.93. The lowest BCUT2D eigenvalue weighted by atomic mass is 9.99. The smallest absolute Gasteiger partial charge is 0.187 e. The molecule has 154 valence electrons. The Morgan fingerprint density at radius 1 is 0.769 bits per heavy atom. The Morgan fingerprint density at radius 3 is 1.88 bits per heavy atom. The zero-order valence-electron chi connectivity index (χ0n) is 13.8. The molecule has 2 saturated heterocycles. The molecule has 10 atom stereocenters. The standard InChI is InChI=1S/C14H26O12/c15-1-5(18)4-23-13-11(22)9(20)12(7(3-17)25-13)26-14-10(21)8(19)6(2-16)24-14/h5-22H,1-4H2/t5-,6-,7+,8-,9+,10+,11+,12+,13+,14-/m0/s1. The third-order valence-electron chi connectivity index (χ3n) is 4.27. The summed E-state index contributed by atoms with van der Waals surface area (Å²) in [6.45, 7) is -2.18. The molecule has 0 saturated carbocycles. The number of aliphatic hydroxyl groups is 8. The maximum atomic E-state index is 10.3. The van der Waals surface area contributed by atoms with E-state index in [0.29, 0.717) is 0 Å². The normalized spacial score (nSPS) is 45.0.